The number of hydrogen-bond donors (Lipinski definition) is 0. The van der Waals surface area contributed by atoms with Crippen molar-refractivity contribution in [1.29, 1.82) is 0 Å². The molecule has 0 bridgehead atoms. The van der Waals surface area contributed by atoms with E-state index in [1.165, 1.54) is 6.07 Å². The second kappa shape index (κ2) is 8.82. The molecule has 0 aliphatic rings. The largest absolute Gasteiger partial charge is 0.496 e. The number of benzene rings is 2. The molecule has 0 saturated carbocycles. The maximum Gasteiger partial charge on any atom is 0.297 e. The fourth-order valence-corrected chi connectivity index (χ4v) is 3.42. The van der Waals surface area contributed by atoms with Crippen LogP contribution in [0.25, 0.3) is 0 Å². The van der Waals surface area contributed by atoms with Gasteiger partial charge in [0, 0.05) is 0 Å². The van der Waals surface area contributed by atoms with Gasteiger partial charge in [-0.25, -0.2) is 0 Å². The lowest BCUT2D eigenvalue weighted by atomic mass is 10.1. The first kappa shape index (κ1) is 18.4. The van der Waals surface area contributed by atoms with E-state index in [2.05, 4.69) is 0 Å². The van der Waals surface area contributed by atoms with E-state index in [1.54, 1.807) is 32.2 Å². The van der Waals surface area contributed by atoms with Crippen molar-refractivity contribution in [3.63, 3.8) is 0 Å². The molecule has 2 aromatic carbocycles. The molecule has 0 radical (unpaired) electrons. The molecule has 0 saturated heterocycles. The number of rotatable bonds is 9. The van der Waals surface area contributed by atoms with Crippen molar-refractivity contribution in [3.05, 3.63) is 59.7 Å². The van der Waals surface area contributed by atoms with Crippen LogP contribution in [0.3, 0.4) is 0 Å². The lowest BCUT2D eigenvalue weighted by molar-refractivity contribution is 0.104. The normalized spacial score (nSPS) is 11.4. The molecule has 0 atom stereocenters. The van der Waals surface area contributed by atoms with Gasteiger partial charge in [0.25, 0.3) is 10.1 Å². The first-order valence-corrected chi connectivity index (χ1v) is 9.10. The highest BCUT2D eigenvalue weighted by Crippen LogP contribution is 2.18. The van der Waals surface area contributed by atoms with Crippen molar-refractivity contribution < 1.29 is 22.1 Å². The Hall–Kier alpha value is -1.89. The third-order valence-electron chi connectivity index (χ3n) is 3.54. The van der Waals surface area contributed by atoms with Gasteiger partial charge in [-0.15, -0.1) is 0 Å². The third kappa shape index (κ3) is 5.06. The summed E-state index contributed by atoms with van der Waals surface area (Å²) in [5.74, 6) is 0.819. The molecule has 6 heteroatoms. The fraction of sp³-hybridized carbons (Fsp3) is 0.333. The van der Waals surface area contributed by atoms with Crippen LogP contribution in [-0.4, -0.2) is 35.3 Å². The minimum absolute atomic E-state index is 0.0113. The molecular weight excluding hydrogens is 328 g/mol. The number of para-hydroxylation sites is 1. The molecular formula is C18H22O5S. The Balaban J connectivity index is 1.74. The van der Waals surface area contributed by atoms with Crippen LogP contribution in [0.1, 0.15) is 11.1 Å². The van der Waals surface area contributed by atoms with Crippen molar-refractivity contribution in [2.75, 3.05) is 26.9 Å². The average molecular weight is 350 g/mol. The van der Waals surface area contributed by atoms with Crippen LogP contribution >= 0.6 is 0 Å². The maximum atomic E-state index is 12.1. The highest BCUT2D eigenvalue weighted by molar-refractivity contribution is 7.86. The predicted octanol–water partition coefficient (Wildman–Crippen LogP) is 2.97. The van der Waals surface area contributed by atoms with E-state index in [9.17, 15) is 8.42 Å². The van der Waals surface area contributed by atoms with Crippen molar-refractivity contribution in [1.82, 2.24) is 0 Å². The van der Waals surface area contributed by atoms with E-state index >= 15 is 0 Å². The first-order valence-electron chi connectivity index (χ1n) is 7.69. The average Bonchev–Trinajstić information content (AvgIpc) is 2.58. The zero-order valence-electron chi connectivity index (χ0n) is 13.9. The van der Waals surface area contributed by atoms with Crippen LogP contribution in [0, 0.1) is 6.92 Å². The summed E-state index contributed by atoms with van der Waals surface area (Å²) in [4.78, 5) is 0.194. The quantitative estimate of drug-likeness (QED) is 0.514. The lowest BCUT2D eigenvalue weighted by Gasteiger charge is -2.10. The Morgan fingerprint density at radius 2 is 1.62 bits per heavy atom. The Bertz CT molecular complexity index is 756. The molecule has 0 amide bonds. The molecule has 24 heavy (non-hydrogen) atoms. The highest BCUT2D eigenvalue weighted by Gasteiger charge is 2.16. The molecule has 2 rings (SSSR count). The molecule has 2 aromatic rings. The molecule has 5 nitrogen and oxygen atoms in total. The zero-order chi connectivity index (χ0) is 17.4. The molecule has 0 aromatic heterocycles. The van der Waals surface area contributed by atoms with Crippen molar-refractivity contribution in [3.8, 4) is 5.75 Å². The standard InChI is InChI=1S/C18H22O5S/c1-15-7-3-6-10-18(15)24(19,20)23-14-13-22-12-11-16-8-4-5-9-17(16)21-2/h3-10H,11-14H2,1-2H3. The Labute approximate surface area is 143 Å². The second-order valence-electron chi connectivity index (χ2n) is 5.22. The zero-order valence-corrected chi connectivity index (χ0v) is 14.7. The number of methoxy groups -OCH3 is 1. The van der Waals surface area contributed by atoms with Crippen molar-refractivity contribution in [2.45, 2.75) is 18.2 Å². The number of aryl methyl sites for hydroxylation is 1. The summed E-state index contributed by atoms with van der Waals surface area (Å²) >= 11 is 0. The monoisotopic (exact) mass is 350 g/mol. The van der Waals surface area contributed by atoms with Crippen LogP contribution in [0.15, 0.2) is 53.4 Å². The summed E-state index contributed by atoms with van der Waals surface area (Å²) in [6.45, 7) is 2.40. The summed E-state index contributed by atoms with van der Waals surface area (Å²) in [6, 6.07) is 14.5. The molecule has 0 fully saturated rings. The third-order valence-corrected chi connectivity index (χ3v) is 5.01. The van der Waals surface area contributed by atoms with Gasteiger partial charge >= 0.3 is 0 Å². The number of ether oxygens (including phenoxy) is 2. The Morgan fingerprint density at radius 3 is 2.38 bits per heavy atom. The van der Waals surface area contributed by atoms with Gasteiger partial charge in [0.05, 0.1) is 31.8 Å². The van der Waals surface area contributed by atoms with E-state index in [1.807, 2.05) is 24.3 Å². The fourth-order valence-electron chi connectivity index (χ4n) is 2.30. The van der Waals surface area contributed by atoms with Gasteiger partial charge in [-0.1, -0.05) is 36.4 Å². The van der Waals surface area contributed by atoms with Crippen LogP contribution < -0.4 is 4.74 Å². The van der Waals surface area contributed by atoms with Gasteiger partial charge < -0.3 is 9.47 Å². The van der Waals surface area contributed by atoms with Crippen molar-refractivity contribution in [2.24, 2.45) is 0 Å². The van der Waals surface area contributed by atoms with Crippen LogP contribution in [0.2, 0.25) is 0 Å². The SMILES string of the molecule is COc1ccccc1CCOCCOS(=O)(=O)c1ccccc1C. The van der Waals surface area contributed by atoms with Gasteiger partial charge in [0.1, 0.15) is 5.75 Å². The molecule has 0 aliphatic heterocycles. The maximum absolute atomic E-state index is 12.1. The number of hydrogen-bond acceptors (Lipinski definition) is 5. The van der Waals surface area contributed by atoms with Gasteiger partial charge in [0.2, 0.25) is 0 Å². The van der Waals surface area contributed by atoms with Gasteiger partial charge in [-0.2, -0.15) is 8.42 Å². The minimum Gasteiger partial charge on any atom is -0.496 e. The molecule has 0 N–H and O–H groups in total. The molecule has 0 heterocycles. The van der Waals surface area contributed by atoms with E-state index in [0.29, 0.717) is 18.6 Å². The summed E-state index contributed by atoms with van der Waals surface area (Å²) in [5.41, 5.74) is 1.71. The van der Waals surface area contributed by atoms with Crippen LogP contribution in [0.5, 0.6) is 5.75 Å². The Morgan fingerprint density at radius 1 is 0.917 bits per heavy atom. The van der Waals surface area contributed by atoms with E-state index in [-0.39, 0.29) is 18.1 Å². The topological polar surface area (TPSA) is 61.8 Å². The summed E-state index contributed by atoms with van der Waals surface area (Å²) in [5, 5.41) is 0. The lowest BCUT2D eigenvalue weighted by Crippen LogP contribution is -2.13. The van der Waals surface area contributed by atoms with Crippen molar-refractivity contribution >= 4 is 10.1 Å². The molecule has 0 spiro atoms. The van der Waals surface area contributed by atoms with E-state index < -0.39 is 10.1 Å². The molecule has 0 aliphatic carbocycles. The van der Waals surface area contributed by atoms with Gasteiger partial charge in [-0.05, 0) is 36.6 Å². The molecule has 0 unspecified atom stereocenters. The second-order valence-corrected chi connectivity index (χ2v) is 6.80. The van der Waals surface area contributed by atoms with Crippen LogP contribution in [0.4, 0.5) is 0 Å². The summed E-state index contributed by atoms with van der Waals surface area (Å²) in [6.07, 6.45) is 0.689. The Kier molecular flexibility index (Phi) is 6.78. The van der Waals surface area contributed by atoms with Gasteiger partial charge in [-0.3, -0.25) is 4.18 Å². The summed E-state index contributed by atoms with van der Waals surface area (Å²) < 4.78 is 39.9. The van der Waals surface area contributed by atoms with E-state index in [4.69, 9.17) is 13.7 Å². The highest BCUT2D eigenvalue weighted by atomic mass is 32.2. The van der Waals surface area contributed by atoms with E-state index in [0.717, 1.165) is 11.3 Å². The first-order chi connectivity index (χ1) is 11.5. The molecule has 130 valence electrons. The van der Waals surface area contributed by atoms with Crippen LogP contribution in [-0.2, 0) is 25.5 Å². The van der Waals surface area contributed by atoms with Gasteiger partial charge in [0.15, 0.2) is 0 Å². The summed E-state index contributed by atoms with van der Waals surface area (Å²) in [7, 11) is -2.11. The minimum atomic E-state index is -3.74. The predicted molar refractivity (Wildman–Crippen MR) is 91.8 cm³/mol. The smallest absolute Gasteiger partial charge is 0.297 e.